The fraction of sp³-hybridized carbons (Fsp3) is 0.214. The van der Waals surface area contributed by atoms with Gasteiger partial charge in [-0.3, -0.25) is 9.59 Å². The van der Waals surface area contributed by atoms with E-state index in [1.54, 1.807) is 18.2 Å². The molecule has 2 heterocycles. The molecule has 0 aliphatic heterocycles. The number of rotatable bonds is 8. The molecule has 1 atom stereocenters. The first-order valence-corrected chi connectivity index (χ1v) is 11.2. The first-order chi connectivity index (χ1) is 16.3. The van der Waals surface area contributed by atoms with E-state index in [0.717, 1.165) is 38.7 Å². The highest BCUT2D eigenvalue weighted by molar-refractivity contribution is 6.06. The van der Waals surface area contributed by atoms with Crippen molar-refractivity contribution >= 4 is 34.1 Å². The summed E-state index contributed by atoms with van der Waals surface area (Å²) in [5, 5.41) is 21.3. The predicted molar refractivity (Wildman–Crippen MR) is 131 cm³/mol. The highest BCUT2D eigenvalue weighted by Gasteiger charge is 2.22. The molecule has 4 aromatic rings. The summed E-state index contributed by atoms with van der Waals surface area (Å²) in [5.74, 6) is -1.97. The lowest BCUT2D eigenvalue weighted by Crippen LogP contribution is -2.14. The molecule has 2 aromatic carbocycles. The minimum absolute atomic E-state index is 0.119. The number of carboxylic acid groups (broad SMARTS) is 1. The SMILES string of the molecule is CC(C)c1c(/C=C/C(O)CC(=O)CC(=O)O)c(-c2ccc(F)cc2)c2c3ccccc3ccn12. The molecular formula is C28H26FNO4. The number of aliphatic carboxylic acids is 1. The number of carbonyl (C=O) groups is 2. The van der Waals surface area contributed by atoms with E-state index < -0.39 is 24.3 Å². The Balaban J connectivity index is 1.94. The summed E-state index contributed by atoms with van der Waals surface area (Å²) in [7, 11) is 0. The van der Waals surface area contributed by atoms with Gasteiger partial charge >= 0.3 is 5.97 Å². The second kappa shape index (κ2) is 9.61. The third-order valence-electron chi connectivity index (χ3n) is 5.85. The molecule has 0 bridgehead atoms. The number of pyridine rings is 1. The maximum Gasteiger partial charge on any atom is 0.310 e. The van der Waals surface area contributed by atoms with E-state index in [-0.39, 0.29) is 18.2 Å². The summed E-state index contributed by atoms with van der Waals surface area (Å²) in [6, 6.07) is 16.4. The second-order valence-corrected chi connectivity index (χ2v) is 8.70. The van der Waals surface area contributed by atoms with E-state index in [1.165, 1.54) is 18.2 Å². The van der Waals surface area contributed by atoms with Crippen molar-refractivity contribution in [2.75, 3.05) is 0 Å². The van der Waals surface area contributed by atoms with Crippen LogP contribution in [-0.4, -0.2) is 32.5 Å². The molecule has 0 radical (unpaired) electrons. The first kappa shape index (κ1) is 23.4. The van der Waals surface area contributed by atoms with E-state index in [2.05, 4.69) is 30.4 Å². The van der Waals surface area contributed by atoms with Gasteiger partial charge in [-0.15, -0.1) is 0 Å². The number of fused-ring (bicyclic) bond motifs is 3. The number of Topliss-reactive ketones (excluding diaryl/α,β-unsaturated/α-hetero) is 1. The molecule has 5 nitrogen and oxygen atoms in total. The van der Waals surface area contributed by atoms with Crippen LogP contribution in [0.5, 0.6) is 0 Å². The summed E-state index contributed by atoms with van der Waals surface area (Å²) in [6.45, 7) is 4.16. The lowest BCUT2D eigenvalue weighted by molar-refractivity contribution is -0.140. The van der Waals surface area contributed by atoms with E-state index in [9.17, 15) is 19.1 Å². The van der Waals surface area contributed by atoms with Crippen LogP contribution in [0.2, 0.25) is 0 Å². The van der Waals surface area contributed by atoms with Crippen LogP contribution in [0, 0.1) is 5.82 Å². The number of aromatic nitrogens is 1. The van der Waals surface area contributed by atoms with Gasteiger partial charge in [-0.05, 0) is 35.1 Å². The van der Waals surface area contributed by atoms with Gasteiger partial charge in [0.2, 0.25) is 0 Å². The van der Waals surface area contributed by atoms with E-state index in [1.807, 2.05) is 24.4 Å². The third-order valence-corrected chi connectivity index (χ3v) is 5.85. The van der Waals surface area contributed by atoms with Gasteiger partial charge in [0, 0.05) is 34.8 Å². The zero-order valence-electron chi connectivity index (χ0n) is 19.0. The lowest BCUT2D eigenvalue weighted by Gasteiger charge is -2.10. The Bertz CT molecular complexity index is 1400. The van der Waals surface area contributed by atoms with Crippen LogP contribution >= 0.6 is 0 Å². The average Bonchev–Trinajstić information content (AvgIpc) is 3.12. The normalized spacial score (nSPS) is 12.7. The third kappa shape index (κ3) is 4.63. The molecule has 0 amide bonds. The van der Waals surface area contributed by atoms with E-state index in [4.69, 9.17) is 5.11 Å². The smallest absolute Gasteiger partial charge is 0.310 e. The zero-order chi connectivity index (χ0) is 24.4. The summed E-state index contributed by atoms with van der Waals surface area (Å²) in [4.78, 5) is 22.6. The molecule has 0 spiro atoms. The van der Waals surface area contributed by atoms with Gasteiger partial charge in [0.1, 0.15) is 18.0 Å². The van der Waals surface area contributed by atoms with Crippen LogP contribution in [0.1, 0.15) is 43.9 Å². The largest absolute Gasteiger partial charge is 0.481 e. The van der Waals surface area contributed by atoms with Crippen LogP contribution in [0.4, 0.5) is 4.39 Å². The molecule has 4 rings (SSSR count). The topological polar surface area (TPSA) is 79.0 Å². The standard InChI is InChI=1S/C28H26FNO4/c1-17(2)27-24(12-11-21(31)15-22(32)16-25(33)34)26(19-7-9-20(29)10-8-19)28-23-6-4-3-5-18(23)13-14-30(27)28/h3-14,17,21,31H,15-16H2,1-2H3,(H,33,34)/b12-11+. The van der Waals surface area contributed by atoms with Crippen molar-refractivity contribution in [3.63, 3.8) is 0 Å². The highest BCUT2D eigenvalue weighted by atomic mass is 19.1. The van der Waals surface area contributed by atoms with E-state index in [0.29, 0.717) is 0 Å². The molecule has 0 aliphatic rings. The van der Waals surface area contributed by atoms with Gasteiger partial charge in [0.15, 0.2) is 0 Å². The number of benzene rings is 2. The minimum atomic E-state index is -1.22. The van der Waals surface area contributed by atoms with Crippen molar-refractivity contribution in [3.05, 3.63) is 83.9 Å². The Morgan fingerprint density at radius 2 is 1.76 bits per heavy atom. The van der Waals surface area contributed by atoms with Crippen LogP contribution in [0.25, 0.3) is 33.5 Å². The van der Waals surface area contributed by atoms with Gasteiger partial charge < -0.3 is 14.6 Å². The van der Waals surface area contributed by atoms with Gasteiger partial charge in [-0.1, -0.05) is 62.4 Å². The lowest BCUT2D eigenvalue weighted by atomic mass is 9.95. The average molecular weight is 460 g/mol. The molecule has 34 heavy (non-hydrogen) atoms. The van der Waals surface area contributed by atoms with Gasteiger partial charge in [0.25, 0.3) is 0 Å². The molecule has 0 saturated carbocycles. The van der Waals surface area contributed by atoms with Crippen molar-refractivity contribution in [2.24, 2.45) is 0 Å². The Labute approximate surface area is 196 Å². The highest BCUT2D eigenvalue weighted by Crippen LogP contribution is 2.40. The van der Waals surface area contributed by atoms with Crippen molar-refractivity contribution in [3.8, 4) is 11.1 Å². The molecule has 174 valence electrons. The van der Waals surface area contributed by atoms with Crippen molar-refractivity contribution < 1.29 is 24.2 Å². The van der Waals surface area contributed by atoms with Crippen molar-refractivity contribution in [1.82, 2.24) is 4.40 Å². The maximum absolute atomic E-state index is 13.7. The number of ketones is 1. The fourth-order valence-corrected chi connectivity index (χ4v) is 4.47. The summed E-state index contributed by atoms with van der Waals surface area (Å²) in [5.41, 5.74) is 4.59. The Kier molecular flexibility index (Phi) is 6.61. The van der Waals surface area contributed by atoms with Crippen molar-refractivity contribution in [1.29, 1.82) is 0 Å². The van der Waals surface area contributed by atoms with Gasteiger partial charge in [-0.25, -0.2) is 4.39 Å². The molecule has 0 aliphatic carbocycles. The second-order valence-electron chi connectivity index (χ2n) is 8.70. The fourth-order valence-electron chi connectivity index (χ4n) is 4.47. The van der Waals surface area contributed by atoms with Crippen LogP contribution in [-0.2, 0) is 9.59 Å². The quantitative estimate of drug-likeness (QED) is 0.325. The number of carbonyl (C=O) groups excluding carboxylic acids is 1. The van der Waals surface area contributed by atoms with Crippen LogP contribution in [0.3, 0.4) is 0 Å². The molecule has 2 aromatic heterocycles. The zero-order valence-corrected chi connectivity index (χ0v) is 19.0. The molecule has 2 N–H and O–H groups in total. The van der Waals surface area contributed by atoms with Crippen LogP contribution in [0.15, 0.2) is 66.9 Å². The van der Waals surface area contributed by atoms with Gasteiger partial charge in [-0.2, -0.15) is 0 Å². The molecular weight excluding hydrogens is 433 g/mol. The molecule has 6 heteroatoms. The Morgan fingerprint density at radius 1 is 1.06 bits per heavy atom. The number of halogens is 1. The number of nitrogens with zero attached hydrogens (tertiary/aromatic N) is 1. The molecule has 1 unspecified atom stereocenters. The monoisotopic (exact) mass is 459 g/mol. The number of aliphatic hydroxyl groups is 1. The maximum atomic E-state index is 13.7. The summed E-state index contributed by atoms with van der Waals surface area (Å²) in [6.07, 6.45) is 3.31. The number of carboxylic acids is 1. The minimum Gasteiger partial charge on any atom is -0.481 e. The van der Waals surface area contributed by atoms with E-state index >= 15 is 0 Å². The number of aliphatic hydroxyl groups excluding tert-OH is 1. The molecule has 0 fully saturated rings. The first-order valence-electron chi connectivity index (χ1n) is 11.2. The van der Waals surface area contributed by atoms with Crippen molar-refractivity contribution in [2.45, 2.75) is 38.7 Å². The predicted octanol–water partition coefficient (Wildman–Crippen LogP) is 5.83. The number of hydrogen-bond donors (Lipinski definition) is 2. The summed E-state index contributed by atoms with van der Waals surface area (Å²) >= 11 is 0. The summed E-state index contributed by atoms with van der Waals surface area (Å²) < 4.78 is 15.9. The Morgan fingerprint density at radius 3 is 2.44 bits per heavy atom. The number of hydrogen-bond acceptors (Lipinski definition) is 3. The Hall–Kier alpha value is -3.77. The molecule has 0 saturated heterocycles. The van der Waals surface area contributed by atoms with Gasteiger partial charge in [0.05, 0.1) is 11.6 Å². The van der Waals surface area contributed by atoms with Crippen LogP contribution < -0.4 is 0 Å².